The Morgan fingerprint density at radius 1 is 1.50 bits per heavy atom. The smallest absolute Gasteiger partial charge is 0.191 e. The van der Waals surface area contributed by atoms with Gasteiger partial charge in [0.15, 0.2) is 5.96 Å². The highest BCUT2D eigenvalue weighted by molar-refractivity contribution is 14.0. The van der Waals surface area contributed by atoms with Crippen LogP contribution in [-0.2, 0) is 4.74 Å². The van der Waals surface area contributed by atoms with Gasteiger partial charge in [-0.1, -0.05) is 6.92 Å². The Kier molecular flexibility index (Phi) is 11.5. The summed E-state index contributed by atoms with van der Waals surface area (Å²) in [5, 5.41) is 6.83. The van der Waals surface area contributed by atoms with Crippen LogP contribution in [0.15, 0.2) is 4.99 Å². The van der Waals surface area contributed by atoms with Crippen molar-refractivity contribution < 1.29 is 4.74 Å². The normalized spacial score (nSPS) is 21.4. The van der Waals surface area contributed by atoms with Crippen LogP contribution in [0.1, 0.15) is 33.1 Å². The summed E-state index contributed by atoms with van der Waals surface area (Å²) in [6.07, 6.45) is 3.65. The predicted molar refractivity (Wildman–Crippen MR) is 96.1 cm³/mol. The van der Waals surface area contributed by atoms with E-state index in [4.69, 9.17) is 4.74 Å². The molecule has 2 unspecified atom stereocenters. The summed E-state index contributed by atoms with van der Waals surface area (Å²) >= 11 is 0. The zero-order chi connectivity index (χ0) is 14.1. The number of methoxy groups -OCH3 is 1. The number of nitrogens with zero attached hydrogens (tertiary/aromatic N) is 2. The Morgan fingerprint density at radius 3 is 2.85 bits per heavy atom. The minimum atomic E-state index is 0. The molecule has 0 aromatic carbocycles. The molecule has 0 radical (unpaired) electrons. The van der Waals surface area contributed by atoms with Crippen LogP contribution in [0.3, 0.4) is 0 Å². The second-order valence-electron chi connectivity index (χ2n) is 5.23. The molecule has 2 N–H and O–H groups in total. The van der Waals surface area contributed by atoms with Crippen LogP contribution in [0, 0.1) is 0 Å². The first-order valence-corrected chi connectivity index (χ1v) is 7.41. The van der Waals surface area contributed by atoms with Crippen molar-refractivity contribution in [3.8, 4) is 0 Å². The number of aliphatic imine (C=N–C) groups is 1. The lowest BCUT2D eigenvalue weighted by Crippen LogP contribution is -2.47. The van der Waals surface area contributed by atoms with E-state index in [1.807, 2.05) is 7.05 Å². The van der Waals surface area contributed by atoms with E-state index in [-0.39, 0.29) is 24.0 Å². The van der Waals surface area contributed by atoms with Crippen LogP contribution in [0.5, 0.6) is 0 Å². The van der Waals surface area contributed by atoms with Crippen LogP contribution in [0.4, 0.5) is 0 Å². The molecule has 0 spiro atoms. The molecule has 1 fully saturated rings. The molecule has 1 heterocycles. The lowest BCUT2D eigenvalue weighted by Gasteiger charge is -2.25. The number of hydrogen-bond acceptors (Lipinski definition) is 3. The second-order valence-corrected chi connectivity index (χ2v) is 5.23. The summed E-state index contributed by atoms with van der Waals surface area (Å²) in [7, 11) is 3.59. The number of halogens is 1. The highest BCUT2D eigenvalue weighted by atomic mass is 127. The van der Waals surface area contributed by atoms with E-state index in [2.05, 4.69) is 34.4 Å². The molecule has 120 valence electrons. The molecule has 1 saturated heterocycles. The summed E-state index contributed by atoms with van der Waals surface area (Å²) < 4.78 is 5.17. The molecule has 5 nitrogen and oxygen atoms in total. The highest BCUT2D eigenvalue weighted by Gasteiger charge is 2.23. The summed E-state index contributed by atoms with van der Waals surface area (Å²) in [5.74, 6) is 0.910. The van der Waals surface area contributed by atoms with Crippen molar-refractivity contribution >= 4 is 29.9 Å². The molecule has 0 saturated carbocycles. The zero-order valence-corrected chi connectivity index (χ0v) is 15.6. The van der Waals surface area contributed by atoms with Crippen LogP contribution in [0.25, 0.3) is 0 Å². The predicted octanol–water partition coefficient (Wildman–Crippen LogP) is 1.68. The molecule has 0 bridgehead atoms. The molecular weight excluding hydrogens is 367 g/mol. The Labute approximate surface area is 140 Å². The van der Waals surface area contributed by atoms with E-state index in [1.54, 1.807) is 7.11 Å². The Bertz CT molecular complexity index is 276. The summed E-state index contributed by atoms with van der Waals surface area (Å²) in [4.78, 5) is 6.78. The van der Waals surface area contributed by atoms with Crippen LogP contribution in [0.2, 0.25) is 0 Å². The number of nitrogens with one attached hydrogen (secondary N) is 2. The van der Waals surface area contributed by atoms with Gasteiger partial charge in [0.25, 0.3) is 0 Å². The van der Waals surface area contributed by atoms with E-state index < -0.39 is 0 Å². The first kappa shape index (κ1) is 19.9. The molecule has 0 amide bonds. The molecule has 6 heteroatoms. The van der Waals surface area contributed by atoms with E-state index in [1.165, 1.54) is 19.4 Å². The number of hydrogen-bond donors (Lipinski definition) is 2. The SMILES string of the molecule is CCC(C)NC(=NC)NCC1CCCN1CCOC.I. The minimum absolute atomic E-state index is 0. The topological polar surface area (TPSA) is 48.9 Å². The highest BCUT2D eigenvalue weighted by Crippen LogP contribution is 2.15. The van der Waals surface area contributed by atoms with E-state index in [9.17, 15) is 0 Å². The van der Waals surface area contributed by atoms with Gasteiger partial charge < -0.3 is 15.4 Å². The van der Waals surface area contributed by atoms with Crippen molar-refractivity contribution in [1.82, 2.24) is 15.5 Å². The zero-order valence-electron chi connectivity index (χ0n) is 13.3. The average molecular weight is 398 g/mol. The summed E-state index contributed by atoms with van der Waals surface area (Å²) in [6.45, 7) is 8.34. The molecule has 0 aromatic heterocycles. The van der Waals surface area contributed by atoms with E-state index in [0.29, 0.717) is 12.1 Å². The Morgan fingerprint density at radius 2 is 2.25 bits per heavy atom. The van der Waals surface area contributed by atoms with Gasteiger partial charge in [-0.15, -0.1) is 24.0 Å². The van der Waals surface area contributed by atoms with Crippen LogP contribution < -0.4 is 10.6 Å². The third-order valence-corrected chi connectivity index (χ3v) is 3.81. The third kappa shape index (κ3) is 7.08. The number of likely N-dealkylation sites (tertiary alicyclic amines) is 1. The second kappa shape index (κ2) is 11.6. The van der Waals surface area contributed by atoms with Gasteiger partial charge in [-0.2, -0.15) is 0 Å². The van der Waals surface area contributed by atoms with Gasteiger partial charge in [0, 0.05) is 39.3 Å². The number of guanidine groups is 1. The van der Waals surface area contributed by atoms with Gasteiger partial charge in [0.05, 0.1) is 6.61 Å². The van der Waals surface area contributed by atoms with Crippen molar-refractivity contribution in [1.29, 1.82) is 0 Å². The molecule has 1 rings (SSSR count). The van der Waals surface area contributed by atoms with Crippen LogP contribution in [-0.4, -0.2) is 63.3 Å². The molecular formula is C14H31IN4O. The molecule has 20 heavy (non-hydrogen) atoms. The lowest BCUT2D eigenvalue weighted by atomic mass is 10.2. The largest absolute Gasteiger partial charge is 0.383 e. The first-order valence-electron chi connectivity index (χ1n) is 7.41. The molecule has 1 aliphatic rings. The van der Waals surface area contributed by atoms with Crippen molar-refractivity contribution in [3.05, 3.63) is 0 Å². The van der Waals surface area contributed by atoms with Crippen molar-refractivity contribution in [3.63, 3.8) is 0 Å². The lowest BCUT2D eigenvalue weighted by molar-refractivity contribution is 0.141. The van der Waals surface area contributed by atoms with E-state index in [0.717, 1.165) is 32.1 Å². The maximum Gasteiger partial charge on any atom is 0.191 e. The number of rotatable bonds is 7. The summed E-state index contributed by atoms with van der Waals surface area (Å²) in [6, 6.07) is 1.06. The quantitative estimate of drug-likeness (QED) is 0.389. The minimum Gasteiger partial charge on any atom is -0.383 e. The monoisotopic (exact) mass is 398 g/mol. The first-order chi connectivity index (χ1) is 9.21. The molecule has 1 aliphatic heterocycles. The molecule has 2 atom stereocenters. The van der Waals surface area contributed by atoms with Gasteiger partial charge in [0.1, 0.15) is 0 Å². The molecule has 0 aromatic rings. The molecule has 0 aliphatic carbocycles. The van der Waals surface area contributed by atoms with Crippen molar-refractivity contribution in [2.24, 2.45) is 4.99 Å². The Hall–Kier alpha value is -0.0800. The number of ether oxygens (including phenoxy) is 1. The average Bonchev–Trinajstić information content (AvgIpc) is 2.88. The van der Waals surface area contributed by atoms with Crippen molar-refractivity contribution in [2.75, 3.05) is 40.4 Å². The van der Waals surface area contributed by atoms with Gasteiger partial charge in [0.2, 0.25) is 0 Å². The van der Waals surface area contributed by atoms with Crippen molar-refractivity contribution in [2.45, 2.75) is 45.2 Å². The van der Waals surface area contributed by atoms with E-state index >= 15 is 0 Å². The fraction of sp³-hybridized carbons (Fsp3) is 0.929. The van der Waals surface area contributed by atoms with Gasteiger partial charge in [-0.25, -0.2) is 0 Å². The Balaban J connectivity index is 0.00000361. The fourth-order valence-corrected chi connectivity index (χ4v) is 2.37. The van der Waals surface area contributed by atoms with Gasteiger partial charge in [-0.3, -0.25) is 9.89 Å². The van der Waals surface area contributed by atoms with Gasteiger partial charge >= 0.3 is 0 Å². The third-order valence-electron chi connectivity index (χ3n) is 3.81. The fourth-order valence-electron chi connectivity index (χ4n) is 2.37. The van der Waals surface area contributed by atoms with Gasteiger partial charge in [-0.05, 0) is 32.7 Å². The summed E-state index contributed by atoms with van der Waals surface area (Å²) in [5.41, 5.74) is 0. The maximum atomic E-state index is 5.17. The maximum absolute atomic E-state index is 5.17. The van der Waals surface area contributed by atoms with Crippen LogP contribution >= 0.6 is 24.0 Å². The standard InChI is InChI=1S/C14H30N4O.HI/c1-5-12(2)17-14(15-3)16-11-13-7-6-8-18(13)9-10-19-4;/h12-13H,5-11H2,1-4H3,(H2,15,16,17);1H.